The third-order valence-electron chi connectivity index (χ3n) is 1.21. The maximum Gasteiger partial charge on any atom is 0.198 e. The van der Waals surface area contributed by atoms with Gasteiger partial charge in [0.25, 0.3) is 0 Å². The summed E-state index contributed by atoms with van der Waals surface area (Å²) >= 11 is 0. The molecule has 4 nitrogen and oxygen atoms in total. The molecule has 92 valence electrons. The van der Waals surface area contributed by atoms with E-state index in [-0.39, 0.29) is 0 Å². The molecule has 0 radical (unpaired) electrons. The first-order chi connectivity index (χ1) is 8.28. The summed E-state index contributed by atoms with van der Waals surface area (Å²) in [6, 6.07) is 0. The lowest BCUT2D eigenvalue weighted by atomic mass is 10.7. The number of aliphatic imine (C=N–C) groups is 4. The molecule has 0 aliphatic rings. The van der Waals surface area contributed by atoms with Crippen LogP contribution < -0.4 is 0 Å². The van der Waals surface area contributed by atoms with Crippen LogP contribution in [0.2, 0.25) is 0 Å². The second-order valence-electron chi connectivity index (χ2n) is 2.43. The number of amidine groups is 2. The van der Waals surface area contributed by atoms with Crippen LogP contribution in [0, 0.1) is 0 Å². The van der Waals surface area contributed by atoms with Gasteiger partial charge in [-0.25, -0.2) is 20.0 Å². The zero-order valence-electron chi connectivity index (χ0n) is 10.2. The Bertz CT molecular complexity index is 368. The smallest absolute Gasteiger partial charge is 0.198 e. The van der Waals surface area contributed by atoms with Crippen LogP contribution in [0.25, 0.3) is 0 Å². The van der Waals surface area contributed by atoms with E-state index in [1.807, 2.05) is 26.8 Å². The third kappa shape index (κ3) is 8.65. The summed E-state index contributed by atoms with van der Waals surface area (Å²) in [5.74, 6) is 0. The lowest BCUT2D eigenvalue weighted by Gasteiger charge is -1.98. The van der Waals surface area contributed by atoms with Gasteiger partial charge in [-0.2, -0.15) is 0 Å². The van der Waals surface area contributed by atoms with Gasteiger partial charge in [0.05, 0.1) is 0 Å². The van der Waals surface area contributed by atoms with Gasteiger partial charge in [0, 0.05) is 24.8 Å². The average molecular weight is 268 g/mol. The number of allylic oxidation sites excluding steroid dienone is 1. The summed E-state index contributed by atoms with van der Waals surface area (Å²) in [6.07, 6.45) is 8.38. The van der Waals surface area contributed by atoms with Crippen molar-refractivity contribution in [1.29, 1.82) is 0 Å². The molecule has 0 saturated heterocycles. The Kier molecular flexibility index (Phi) is 10.6. The summed E-state index contributed by atoms with van der Waals surface area (Å²) in [4.78, 5) is 16.4. The second kappa shape index (κ2) is 11.3. The second-order valence-corrected chi connectivity index (χ2v) is 4.49. The first-order valence-corrected chi connectivity index (χ1v) is 7.13. The van der Waals surface area contributed by atoms with E-state index in [4.69, 9.17) is 0 Å². The van der Waals surface area contributed by atoms with Crippen molar-refractivity contribution in [3.8, 4) is 0 Å². The molecular formula is C11H16N4S2. The highest BCUT2D eigenvalue weighted by atomic mass is 33.1. The van der Waals surface area contributed by atoms with Gasteiger partial charge in [0.2, 0.25) is 0 Å². The first-order valence-electron chi connectivity index (χ1n) is 4.98. The lowest BCUT2D eigenvalue weighted by Crippen LogP contribution is -1.88. The highest BCUT2D eigenvalue weighted by Gasteiger charge is 2.01. The molecule has 0 N–H and O–H groups in total. The SMILES string of the molecule is C=CN=C(N=CC)SSC(N=CC)=N/C=C\C. The predicted octanol–water partition coefficient (Wildman–Crippen LogP) is 3.94. The Morgan fingerprint density at radius 1 is 0.941 bits per heavy atom. The predicted molar refractivity (Wildman–Crippen MR) is 83.4 cm³/mol. The molecule has 0 amide bonds. The average Bonchev–Trinajstić information content (AvgIpc) is 2.33. The van der Waals surface area contributed by atoms with E-state index < -0.39 is 0 Å². The van der Waals surface area contributed by atoms with Gasteiger partial charge in [-0.15, -0.1) is 0 Å². The Balaban J connectivity index is 4.57. The number of nitrogens with zero attached hydrogens (tertiary/aromatic N) is 4. The summed E-state index contributed by atoms with van der Waals surface area (Å²) in [5.41, 5.74) is 0. The van der Waals surface area contributed by atoms with E-state index in [1.165, 1.54) is 27.8 Å². The van der Waals surface area contributed by atoms with Crippen LogP contribution in [0.15, 0.2) is 45.0 Å². The molecule has 0 unspecified atom stereocenters. The molecule has 0 aliphatic carbocycles. The molecule has 0 saturated carbocycles. The topological polar surface area (TPSA) is 49.4 Å². The lowest BCUT2D eigenvalue weighted by molar-refractivity contribution is 1.51. The van der Waals surface area contributed by atoms with Crippen LogP contribution in [0.5, 0.6) is 0 Å². The number of rotatable bonds is 2. The highest BCUT2D eigenvalue weighted by molar-refractivity contribution is 8.87. The van der Waals surface area contributed by atoms with Crippen LogP contribution >= 0.6 is 21.6 Å². The maximum absolute atomic E-state index is 4.17. The fraction of sp³-hybridized carbons (Fsp3) is 0.273. The fourth-order valence-corrected chi connectivity index (χ4v) is 2.30. The van der Waals surface area contributed by atoms with Crippen molar-refractivity contribution in [3.63, 3.8) is 0 Å². The number of hydrogen-bond donors (Lipinski definition) is 0. The monoisotopic (exact) mass is 268 g/mol. The molecule has 0 fully saturated rings. The van der Waals surface area contributed by atoms with Crippen LogP contribution in [0.4, 0.5) is 0 Å². The van der Waals surface area contributed by atoms with Gasteiger partial charge in [-0.3, -0.25) is 0 Å². The minimum absolute atomic E-state index is 0.618. The molecular weight excluding hydrogens is 252 g/mol. The Morgan fingerprint density at radius 2 is 1.47 bits per heavy atom. The van der Waals surface area contributed by atoms with Crippen molar-refractivity contribution < 1.29 is 0 Å². The molecule has 0 aromatic rings. The van der Waals surface area contributed by atoms with Crippen molar-refractivity contribution in [2.45, 2.75) is 20.8 Å². The van der Waals surface area contributed by atoms with Crippen LogP contribution in [-0.2, 0) is 0 Å². The summed E-state index contributed by atoms with van der Waals surface area (Å²) in [5, 5.41) is 1.27. The number of hydrogen-bond acceptors (Lipinski definition) is 4. The van der Waals surface area contributed by atoms with E-state index >= 15 is 0 Å². The molecule has 0 bridgehead atoms. The molecule has 0 spiro atoms. The fourth-order valence-electron chi connectivity index (χ4n) is 0.665. The zero-order valence-corrected chi connectivity index (χ0v) is 11.8. The van der Waals surface area contributed by atoms with E-state index in [0.717, 1.165) is 0 Å². The van der Waals surface area contributed by atoms with Crippen molar-refractivity contribution >= 4 is 44.4 Å². The molecule has 0 aromatic heterocycles. The standard InChI is InChI=1S/C11H16N4S2/c1-5-9-15-11(14-8-4)17-16-10(12-6-2)13-7-3/h5-9H,2H2,1,3-4H3/b9-5-,12-10?,13-7?,14-8?,15-11?. The van der Waals surface area contributed by atoms with Crippen molar-refractivity contribution in [2.24, 2.45) is 20.0 Å². The van der Waals surface area contributed by atoms with Gasteiger partial charge in [-0.1, -0.05) is 12.7 Å². The summed E-state index contributed by atoms with van der Waals surface area (Å²) in [7, 11) is 2.79. The van der Waals surface area contributed by atoms with Gasteiger partial charge in [-0.05, 0) is 42.4 Å². The largest absolute Gasteiger partial charge is 0.235 e. The van der Waals surface area contributed by atoms with E-state index in [9.17, 15) is 0 Å². The quantitative estimate of drug-likeness (QED) is 0.432. The molecule has 0 aromatic carbocycles. The van der Waals surface area contributed by atoms with E-state index in [0.29, 0.717) is 10.3 Å². The van der Waals surface area contributed by atoms with Crippen LogP contribution in [0.3, 0.4) is 0 Å². The van der Waals surface area contributed by atoms with Gasteiger partial charge >= 0.3 is 0 Å². The Morgan fingerprint density at radius 3 is 1.88 bits per heavy atom. The molecule has 0 heterocycles. The van der Waals surface area contributed by atoms with Crippen LogP contribution in [0.1, 0.15) is 20.8 Å². The Labute approximate surface area is 110 Å². The molecule has 0 aliphatic heterocycles. The summed E-state index contributed by atoms with van der Waals surface area (Å²) in [6.45, 7) is 9.13. The molecule has 6 heteroatoms. The van der Waals surface area contributed by atoms with Crippen LogP contribution in [-0.4, -0.2) is 22.8 Å². The molecule has 0 atom stereocenters. The Hall–Kier alpha value is -1.14. The summed E-state index contributed by atoms with van der Waals surface area (Å²) < 4.78 is 0. The van der Waals surface area contributed by atoms with Gasteiger partial charge in [0.1, 0.15) is 0 Å². The van der Waals surface area contributed by atoms with E-state index in [1.54, 1.807) is 18.6 Å². The van der Waals surface area contributed by atoms with Crippen molar-refractivity contribution in [1.82, 2.24) is 0 Å². The van der Waals surface area contributed by atoms with Gasteiger partial charge < -0.3 is 0 Å². The van der Waals surface area contributed by atoms with E-state index in [2.05, 4.69) is 26.5 Å². The zero-order chi connectivity index (χ0) is 12.9. The minimum Gasteiger partial charge on any atom is -0.235 e. The van der Waals surface area contributed by atoms with Gasteiger partial charge in [0.15, 0.2) is 10.3 Å². The van der Waals surface area contributed by atoms with Crippen molar-refractivity contribution in [2.75, 3.05) is 0 Å². The minimum atomic E-state index is 0.618. The third-order valence-corrected chi connectivity index (χ3v) is 3.15. The normalized spacial score (nSPS) is 14.3. The highest BCUT2D eigenvalue weighted by Crippen LogP contribution is 2.26. The molecule has 17 heavy (non-hydrogen) atoms. The maximum atomic E-state index is 4.17. The molecule has 0 rings (SSSR count). The first kappa shape index (κ1) is 15.9. The van der Waals surface area contributed by atoms with Crippen molar-refractivity contribution in [3.05, 3.63) is 25.1 Å².